The standard InChI is InChI=1S/C29H26FN3O6/c1-37-21-7-3-4-17(13-21)8-10-22-26(28(35)39-15-18-5-2-6-20(30)12-18)27(33-29(36)32-22)19-9-11-24-23(14-19)31-25(34)16-38-24/h2-7,9,11-14,27H,8,10,15-16H2,1H3,(H,31,34)(H2,32,33,36). The van der Waals surface area contributed by atoms with Crippen molar-refractivity contribution in [2.75, 3.05) is 19.0 Å². The maximum atomic E-state index is 13.7. The fourth-order valence-electron chi connectivity index (χ4n) is 4.54. The van der Waals surface area contributed by atoms with Crippen molar-refractivity contribution < 1.29 is 33.0 Å². The van der Waals surface area contributed by atoms with Crippen LogP contribution in [0.1, 0.15) is 29.2 Å². The van der Waals surface area contributed by atoms with E-state index in [0.717, 1.165) is 5.56 Å². The Hall–Kier alpha value is -4.86. The molecule has 9 nitrogen and oxygen atoms in total. The van der Waals surface area contributed by atoms with E-state index in [9.17, 15) is 18.8 Å². The van der Waals surface area contributed by atoms with Crippen LogP contribution in [0.2, 0.25) is 0 Å². The van der Waals surface area contributed by atoms with E-state index in [1.54, 1.807) is 31.4 Å². The summed E-state index contributed by atoms with van der Waals surface area (Å²) in [5, 5.41) is 8.30. The Bertz CT molecular complexity index is 1470. The number of carbonyl (C=O) groups excluding carboxylic acids is 3. The molecule has 3 amide bonds. The van der Waals surface area contributed by atoms with Gasteiger partial charge in [-0.25, -0.2) is 14.0 Å². The lowest BCUT2D eigenvalue weighted by Gasteiger charge is -2.30. The summed E-state index contributed by atoms with van der Waals surface area (Å²) in [7, 11) is 1.58. The van der Waals surface area contributed by atoms with E-state index in [-0.39, 0.29) is 24.7 Å². The predicted octanol–water partition coefficient (Wildman–Crippen LogP) is 4.15. The van der Waals surface area contributed by atoms with Crippen LogP contribution in [0.5, 0.6) is 11.5 Å². The number of rotatable bonds is 8. The van der Waals surface area contributed by atoms with Crippen LogP contribution in [0.4, 0.5) is 14.9 Å². The number of amides is 3. The van der Waals surface area contributed by atoms with E-state index in [2.05, 4.69) is 16.0 Å². The Kier molecular flexibility index (Phi) is 7.44. The number of nitrogens with one attached hydrogen (secondary N) is 3. The van der Waals surface area contributed by atoms with Gasteiger partial charge in [-0.05, 0) is 65.9 Å². The molecule has 0 saturated heterocycles. The molecule has 0 spiro atoms. The number of urea groups is 1. The Balaban J connectivity index is 1.48. The zero-order valence-electron chi connectivity index (χ0n) is 21.1. The molecule has 1 unspecified atom stereocenters. The van der Waals surface area contributed by atoms with Crippen LogP contribution in [-0.4, -0.2) is 31.6 Å². The molecular formula is C29H26FN3O6. The molecular weight excluding hydrogens is 505 g/mol. The summed E-state index contributed by atoms with van der Waals surface area (Å²) in [6, 6.07) is 17.0. The molecule has 0 radical (unpaired) electrons. The van der Waals surface area contributed by atoms with Crippen molar-refractivity contribution >= 4 is 23.6 Å². The van der Waals surface area contributed by atoms with E-state index < -0.39 is 23.9 Å². The first-order valence-electron chi connectivity index (χ1n) is 12.3. The summed E-state index contributed by atoms with van der Waals surface area (Å²) in [5.41, 5.74) is 3.02. The summed E-state index contributed by atoms with van der Waals surface area (Å²) >= 11 is 0. The van der Waals surface area contributed by atoms with Crippen molar-refractivity contribution in [1.29, 1.82) is 0 Å². The quantitative estimate of drug-likeness (QED) is 0.376. The smallest absolute Gasteiger partial charge is 0.338 e. The molecule has 5 rings (SSSR count). The zero-order valence-corrected chi connectivity index (χ0v) is 21.1. The first-order valence-corrected chi connectivity index (χ1v) is 12.3. The fourth-order valence-corrected chi connectivity index (χ4v) is 4.54. The van der Waals surface area contributed by atoms with Gasteiger partial charge < -0.3 is 30.2 Å². The fraction of sp³-hybridized carbons (Fsp3) is 0.207. The monoisotopic (exact) mass is 531 g/mol. The summed E-state index contributed by atoms with van der Waals surface area (Å²) < 4.78 is 30.0. The van der Waals surface area contributed by atoms with E-state index in [4.69, 9.17) is 14.2 Å². The minimum absolute atomic E-state index is 0.0948. The summed E-state index contributed by atoms with van der Waals surface area (Å²) in [5.74, 6) is -0.240. The van der Waals surface area contributed by atoms with Gasteiger partial charge in [0.05, 0.1) is 24.4 Å². The average Bonchev–Trinajstić information content (AvgIpc) is 2.94. The van der Waals surface area contributed by atoms with Gasteiger partial charge in [0.1, 0.15) is 23.9 Å². The van der Waals surface area contributed by atoms with E-state index in [0.29, 0.717) is 46.9 Å². The maximum absolute atomic E-state index is 13.7. The number of hydrogen-bond acceptors (Lipinski definition) is 6. The van der Waals surface area contributed by atoms with Crippen molar-refractivity contribution in [2.45, 2.75) is 25.5 Å². The molecule has 10 heteroatoms. The Morgan fingerprint density at radius 1 is 1.00 bits per heavy atom. The Morgan fingerprint density at radius 3 is 2.64 bits per heavy atom. The third kappa shape index (κ3) is 6.01. The van der Waals surface area contributed by atoms with Crippen LogP contribution in [0.15, 0.2) is 78.0 Å². The number of anilines is 1. The number of esters is 1. The molecule has 0 aliphatic carbocycles. The lowest BCUT2D eigenvalue weighted by molar-refractivity contribution is -0.140. The first kappa shape index (κ1) is 25.8. The number of aryl methyl sites for hydroxylation is 1. The van der Waals surface area contributed by atoms with Gasteiger partial charge >= 0.3 is 12.0 Å². The highest BCUT2D eigenvalue weighted by molar-refractivity contribution is 5.97. The molecule has 2 heterocycles. The van der Waals surface area contributed by atoms with Gasteiger partial charge in [0.2, 0.25) is 0 Å². The maximum Gasteiger partial charge on any atom is 0.338 e. The lowest BCUT2D eigenvalue weighted by atomic mass is 9.92. The number of fused-ring (bicyclic) bond motifs is 1. The number of carbonyl (C=O) groups is 3. The van der Waals surface area contributed by atoms with Crippen LogP contribution >= 0.6 is 0 Å². The third-order valence-electron chi connectivity index (χ3n) is 6.40. The number of ether oxygens (including phenoxy) is 3. The van der Waals surface area contributed by atoms with Gasteiger partial charge in [0.25, 0.3) is 5.91 Å². The highest BCUT2D eigenvalue weighted by Crippen LogP contribution is 2.35. The third-order valence-corrected chi connectivity index (χ3v) is 6.40. The second kappa shape index (κ2) is 11.3. The number of hydrogen-bond donors (Lipinski definition) is 3. The van der Waals surface area contributed by atoms with Crippen LogP contribution in [0, 0.1) is 5.82 Å². The average molecular weight is 532 g/mol. The molecule has 0 saturated carbocycles. The molecule has 2 aliphatic rings. The second-order valence-electron chi connectivity index (χ2n) is 9.07. The minimum atomic E-state index is -0.872. The normalized spacial score (nSPS) is 16.3. The van der Waals surface area contributed by atoms with Crippen molar-refractivity contribution in [3.05, 3.63) is 101 Å². The van der Waals surface area contributed by atoms with E-state index >= 15 is 0 Å². The predicted molar refractivity (Wildman–Crippen MR) is 140 cm³/mol. The molecule has 3 aromatic carbocycles. The van der Waals surface area contributed by atoms with Crippen molar-refractivity contribution in [1.82, 2.24) is 10.6 Å². The highest BCUT2D eigenvalue weighted by Gasteiger charge is 2.34. The SMILES string of the molecule is COc1cccc(CCC2=C(C(=O)OCc3cccc(F)c3)C(c3ccc4c(c3)NC(=O)CO4)NC(=O)N2)c1. The Labute approximate surface area is 223 Å². The van der Waals surface area contributed by atoms with Crippen LogP contribution in [0.25, 0.3) is 0 Å². The van der Waals surface area contributed by atoms with Gasteiger partial charge in [0.15, 0.2) is 6.61 Å². The molecule has 0 aromatic heterocycles. The summed E-state index contributed by atoms with van der Waals surface area (Å²) in [6.45, 7) is -0.250. The number of allylic oxidation sites excluding steroid dienone is 1. The van der Waals surface area contributed by atoms with Crippen molar-refractivity contribution in [3.63, 3.8) is 0 Å². The molecule has 3 N–H and O–H groups in total. The van der Waals surface area contributed by atoms with Crippen LogP contribution in [0.3, 0.4) is 0 Å². The van der Waals surface area contributed by atoms with E-state index in [1.165, 1.54) is 18.2 Å². The summed E-state index contributed by atoms with van der Waals surface area (Å²) in [6.07, 6.45) is 0.834. The molecule has 0 fully saturated rings. The van der Waals surface area contributed by atoms with Gasteiger partial charge in [-0.3, -0.25) is 4.79 Å². The van der Waals surface area contributed by atoms with Gasteiger partial charge in [-0.15, -0.1) is 0 Å². The molecule has 39 heavy (non-hydrogen) atoms. The number of benzene rings is 3. The van der Waals surface area contributed by atoms with Crippen LogP contribution < -0.4 is 25.4 Å². The topological polar surface area (TPSA) is 115 Å². The van der Waals surface area contributed by atoms with Gasteiger partial charge in [0, 0.05) is 5.70 Å². The van der Waals surface area contributed by atoms with Crippen molar-refractivity contribution in [3.8, 4) is 11.5 Å². The van der Waals surface area contributed by atoms with Gasteiger partial charge in [-0.1, -0.05) is 30.3 Å². The van der Waals surface area contributed by atoms with Gasteiger partial charge in [-0.2, -0.15) is 0 Å². The lowest BCUT2D eigenvalue weighted by Crippen LogP contribution is -2.46. The molecule has 1 atom stereocenters. The van der Waals surface area contributed by atoms with E-state index in [1.807, 2.05) is 24.3 Å². The second-order valence-corrected chi connectivity index (χ2v) is 9.07. The number of methoxy groups -OCH3 is 1. The minimum Gasteiger partial charge on any atom is -0.497 e. The highest BCUT2D eigenvalue weighted by atomic mass is 19.1. The first-order chi connectivity index (χ1) is 18.9. The summed E-state index contributed by atoms with van der Waals surface area (Å²) in [4.78, 5) is 38.1. The molecule has 0 bridgehead atoms. The van der Waals surface area contributed by atoms with Crippen LogP contribution in [-0.2, 0) is 27.4 Å². The molecule has 2 aliphatic heterocycles. The Morgan fingerprint density at radius 2 is 1.82 bits per heavy atom. The zero-order chi connectivity index (χ0) is 27.4. The van der Waals surface area contributed by atoms with Crippen molar-refractivity contribution in [2.24, 2.45) is 0 Å². The molecule has 3 aromatic rings. The largest absolute Gasteiger partial charge is 0.497 e. The molecule has 200 valence electrons. The number of halogens is 1.